The molecule has 0 spiro atoms. The molecule has 0 unspecified atom stereocenters. The van der Waals surface area contributed by atoms with E-state index >= 15 is 0 Å². The summed E-state index contributed by atoms with van der Waals surface area (Å²) in [4.78, 5) is 6.69. The third kappa shape index (κ3) is 4.58. The summed E-state index contributed by atoms with van der Waals surface area (Å²) in [7, 11) is 0. The zero-order chi connectivity index (χ0) is 19.3. The van der Waals surface area contributed by atoms with Crippen LogP contribution in [0.25, 0.3) is 0 Å². The molecule has 4 rings (SSSR count). The van der Waals surface area contributed by atoms with E-state index in [1.54, 1.807) is 36.4 Å². The van der Waals surface area contributed by atoms with Gasteiger partial charge in [0, 0.05) is 31.3 Å². The lowest BCUT2D eigenvalue weighted by atomic mass is 10.1. The molecule has 1 fully saturated rings. The number of anilines is 1. The fourth-order valence-electron chi connectivity index (χ4n) is 3.14. The van der Waals surface area contributed by atoms with Crippen LogP contribution >= 0.6 is 0 Å². The maximum Gasteiger partial charge on any atom is 0.219 e. The van der Waals surface area contributed by atoms with Gasteiger partial charge in [0.15, 0.2) is 0 Å². The van der Waals surface area contributed by atoms with Crippen molar-refractivity contribution in [3.63, 3.8) is 0 Å². The van der Waals surface area contributed by atoms with Gasteiger partial charge in [0.1, 0.15) is 23.1 Å². The quantitative estimate of drug-likeness (QED) is 0.694. The summed E-state index contributed by atoms with van der Waals surface area (Å²) in [5.41, 5.74) is 7.04. The second kappa shape index (κ2) is 8.27. The zero-order valence-electron chi connectivity index (χ0n) is 15.4. The molecule has 0 radical (unpaired) electrons. The SMILES string of the molecule is NC1CCN(c2ccc(Oc3ccc(Oc4cccc(F)c4)cc3)nc2)CC1. The predicted molar refractivity (Wildman–Crippen MR) is 107 cm³/mol. The number of nitrogens with two attached hydrogens (primary N) is 1. The highest BCUT2D eigenvalue weighted by molar-refractivity contribution is 5.46. The van der Waals surface area contributed by atoms with Crippen molar-refractivity contribution in [2.75, 3.05) is 18.0 Å². The minimum absolute atomic E-state index is 0.305. The van der Waals surface area contributed by atoms with Gasteiger partial charge in [-0.2, -0.15) is 0 Å². The number of halogens is 1. The minimum Gasteiger partial charge on any atom is -0.457 e. The van der Waals surface area contributed by atoms with E-state index in [0.717, 1.165) is 31.6 Å². The predicted octanol–water partition coefficient (Wildman–Crippen LogP) is 4.73. The van der Waals surface area contributed by atoms with Crippen molar-refractivity contribution >= 4 is 5.69 Å². The second-order valence-electron chi connectivity index (χ2n) is 6.81. The lowest BCUT2D eigenvalue weighted by Crippen LogP contribution is -2.39. The van der Waals surface area contributed by atoms with Gasteiger partial charge in [0.05, 0.1) is 11.9 Å². The van der Waals surface area contributed by atoms with Crippen LogP contribution in [-0.2, 0) is 0 Å². The van der Waals surface area contributed by atoms with Crippen LogP contribution in [0.5, 0.6) is 23.1 Å². The molecule has 28 heavy (non-hydrogen) atoms. The van der Waals surface area contributed by atoms with Crippen LogP contribution in [0, 0.1) is 5.82 Å². The molecule has 1 aromatic heterocycles. The standard InChI is InChI=1S/C22H22FN3O2/c23-16-2-1-3-21(14-16)27-19-5-7-20(8-6-19)28-22-9-4-18(15-25-22)26-12-10-17(24)11-13-26/h1-9,14-15,17H,10-13,24H2. The Kier molecular flexibility index (Phi) is 5.39. The first-order valence-electron chi connectivity index (χ1n) is 9.34. The Balaban J connectivity index is 1.36. The molecule has 3 aromatic rings. The second-order valence-corrected chi connectivity index (χ2v) is 6.81. The molecule has 1 saturated heterocycles. The first kappa shape index (κ1) is 18.3. The van der Waals surface area contributed by atoms with Crippen LogP contribution in [0.2, 0.25) is 0 Å². The molecule has 0 aliphatic carbocycles. The molecule has 0 atom stereocenters. The highest BCUT2D eigenvalue weighted by Crippen LogP contribution is 2.27. The van der Waals surface area contributed by atoms with E-state index in [1.807, 2.05) is 18.3 Å². The van der Waals surface area contributed by atoms with Crippen LogP contribution in [0.1, 0.15) is 12.8 Å². The van der Waals surface area contributed by atoms with E-state index in [0.29, 0.717) is 29.2 Å². The Labute approximate surface area is 163 Å². The number of piperidine rings is 1. The van der Waals surface area contributed by atoms with Crippen molar-refractivity contribution in [3.05, 3.63) is 72.7 Å². The number of pyridine rings is 1. The normalized spacial score (nSPS) is 14.7. The van der Waals surface area contributed by atoms with Gasteiger partial charge < -0.3 is 20.1 Å². The van der Waals surface area contributed by atoms with Crippen molar-refractivity contribution < 1.29 is 13.9 Å². The molecule has 2 heterocycles. The molecular formula is C22H22FN3O2. The Morgan fingerprint density at radius 2 is 1.61 bits per heavy atom. The Morgan fingerprint density at radius 1 is 0.893 bits per heavy atom. The lowest BCUT2D eigenvalue weighted by Gasteiger charge is -2.31. The van der Waals surface area contributed by atoms with Crippen LogP contribution in [0.3, 0.4) is 0 Å². The molecule has 1 aliphatic heterocycles. The molecule has 0 saturated carbocycles. The van der Waals surface area contributed by atoms with Gasteiger partial charge in [-0.1, -0.05) is 6.07 Å². The Hall–Kier alpha value is -3.12. The maximum absolute atomic E-state index is 13.2. The summed E-state index contributed by atoms with van der Waals surface area (Å²) in [6, 6.07) is 17.3. The van der Waals surface area contributed by atoms with Crippen LogP contribution in [-0.4, -0.2) is 24.1 Å². The van der Waals surface area contributed by atoms with Crippen LogP contribution in [0.15, 0.2) is 66.9 Å². The van der Waals surface area contributed by atoms with Crippen molar-refractivity contribution in [3.8, 4) is 23.1 Å². The third-order valence-electron chi connectivity index (χ3n) is 4.70. The minimum atomic E-state index is -0.334. The van der Waals surface area contributed by atoms with Gasteiger partial charge in [-0.25, -0.2) is 9.37 Å². The Bertz CT molecular complexity index is 908. The van der Waals surface area contributed by atoms with E-state index in [9.17, 15) is 4.39 Å². The molecule has 1 aliphatic rings. The molecule has 2 N–H and O–H groups in total. The maximum atomic E-state index is 13.2. The van der Waals surface area contributed by atoms with Crippen LogP contribution in [0.4, 0.5) is 10.1 Å². The summed E-state index contributed by atoms with van der Waals surface area (Å²) in [6.45, 7) is 1.91. The van der Waals surface area contributed by atoms with Crippen molar-refractivity contribution in [2.45, 2.75) is 18.9 Å². The first-order chi connectivity index (χ1) is 13.7. The topological polar surface area (TPSA) is 60.6 Å². The summed E-state index contributed by atoms with van der Waals surface area (Å²) in [5.74, 6) is 1.89. The average Bonchev–Trinajstić information content (AvgIpc) is 2.71. The van der Waals surface area contributed by atoms with Crippen LogP contribution < -0.4 is 20.1 Å². The van der Waals surface area contributed by atoms with Crippen molar-refractivity contribution in [1.82, 2.24) is 4.98 Å². The molecular weight excluding hydrogens is 357 g/mol. The largest absolute Gasteiger partial charge is 0.457 e. The summed E-state index contributed by atoms with van der Waals surface area (Å²) >= 11 is 0. The molecule has 0 amide bonds. The van der Waals surface area contributed by atoms with Gasteiger partial charge >= 0.3 is 0 Å². The number of hydrogen-bond acceptors (Lipinski definition) is 5. The molecule has 5 nitrogen and oxygen atoms in total. The third-order valence-corrected chi connectivity index (χ3v) is 4.70. The number of aromatic nitrogens is 1. The summed E-state index contributed by atoms with van der Waals surface area (Å²) in [6.07, 6.45) is 3.83. The number of rotatable bonds is 5. The molecule has 6 heteroatoms. The van der Waals surface area contributed by atoms with E-state index in [4.69, 9.17) is 15.2 Å². The fourth-order valence-corrected chi connectivity index (χ4v) is 3.14. The molecule has 144 valence electrons. The summed E-state index contributed by atoms with van der Waals surface area (Å²) in [5, 5.41) is 0. The zero-order valence-corrected chi connectivity index (χ0v) is 15.4. The highest BCUT2D eigenvalue weighted by atomic mass is 19.1. The highest BCUT2D eigenvalue weighted by Gasteiger charge is 2.16. The van der Waals surface area contributed by atoms with E-state index in [2.05, 4.69) is 9.88 Å². The van der Waals surface area contributed by atoms with Gasteiger partial charge in [0.2, 0.25) is 5.88 Å². The Morgan fingerprint density at radius 3 is 2.25 bits per heavy atom. The van der Waals surface area contributed by atoms with Crippen molar-refractivity contribution in [2.24, 2.45) is 5.73 Å². The molecule has 0 bridgehead atoms. The van der Waals surface area contributed by atoms with E-state index < -0.39 is 0 Å². The average molecular weight is 379 g/mol. The lowest BCUT2D eigenvalue weighted by molar-refractivity contribution is 0.455. The van der Waals surface area contributed by atoms with E-state index in [-0.39, 0.29) is 5.82 Å². The van der Waals surface area contributed by atoms with Gasteiger partial charge in [0.25, 0.3) is 0 Å². The van der Waals surface area contributed by atoms with Gasteiger partial charge in [-0.3, -0.25) is 0 Å². The van der Waals surface area contributed by atoms with Gasteiger partial charge in [-0.15, -0.1) is 0 Å². The summed E-state index contributed by atoms with van der Waals surface area (Å²) < 4.78 is 24.7. The monoisotopic (exact) mass is 379 g/mol. The number of hydrogen-bond donors (Lipinski definition) is 1. The number of ether oxygens (including phenoxy) is 2. The van der Waals surface area contributed by atoms with E-state index in [1.165, 1.54) is 12.1 Å². The van der Waals surface area contributed by atoms with Crippen molar-refractivity contribution in [1.29, 1.82) is 0 Å². The number of benzene rings is 2. The van der Waals surface area contributed by atoms with Gasteiger partial charge in [-0.05, 0) is 55.3 Å². The molecule has 2 aromatic carbocycles. The smallest absolute Gasteiger partial charge is 0.219 e. The first-order valence-corrected chi connectivity index (χ1v) is 9.34. The fraction of sp³-hybridized carbons (Fsp3) is 0.227. The number of nitrogens with zero attached hydrogens (tertiary/aromatic N) is 2.